The highest BCUT2D eigenvalue weighted by atomic mass is 35.5. The summed E-state index contributed by atoms with van der Waals surface area (Å²) in [4.78, 5) is 0. The standard InChI is InChI=1S/C17H26ClNO/c1-4-9-17(2,12-19-15-6-7-15)11-13-10-14(18)5-8-16(13)20-3/h5,8,10,15,19H,4,6-7,9,11-12H2,1-3H3. The minimum absolute atomic E-state index is 0.259. The highest BCUT2D eigenvalue weighted by molar-refractivity contribution is 6.30. The van der Waals surface area contributed by atoms with E-state index in [1.165, 1.54) is 31.2 Å². The third-order valence-corrected chi connectivity index (χ3v) is 4.34. The monoisotopic (exact) mass is 295 g/mol. The normalized spacial score (nSPS) is 17.8. The zero-order valence-electron chi connectivity index (χ0n) is 12.8. The summed E-state index contributed by atoms with van der Waals surface area (Å²) in [6.45, 7) is 5.69. The Labute approximate surface area is 127 Å². The number of nitrogens with one attached hydrogen (secondary N) is 1. The Morgan fingerprint density at radius 1 is 1.40 bits per heavy atom. The van der Waals surface area contributed by atoms with Crippen LogP contribution in [0.15, 0.2) is 18.2 Å². The van der Waals surface area contributed by atoms with Crippen LogP contribution in [0, 0.1) is 5.41 Å². The molecule has 112 valence electrons. The molecule has 2 rings (SSSR count). The van der Waals surface area contributed by atoms with E-state index in [2.05, 4.69) is 19.2 Å². The minimum Gasteiger partial charge on any atom is -0.496 e. The van der Waals surface area contributed by atoms with Crippen molar-refractivity contribution in [2.24, 2.45) is 5.41 Å². The summed E-state index contributed by atoms with van der Waals surface area (Å²) in [6.07, 6.45) is 6.09. The van der Waals surface area contributed by atoms with E-state index in [-0.39, 0.29) is 5.41 Å². The van der Waals surface area contributed by atoms with Crippen LogP contribution in [0.1, 0.15) is 45.1 Å². The zero-order valence-corrected chi connectivity index (χ0v) is 13.6. The molecule has 1 atom stereocenters. The van der Waals surface area contributed by atoms with E-state index in [0.717, 1.165) is 29.8 Å². The van der Waals surface area contributed by atoms with Crippen LogP contribution in [0.3, 0.4) is 0 Å². The zero-order chi connectivity index (χ0) is 14.6. The second-order valence-corrected chi connectivity index (χ2v) is 6.79. The first-order valence-electron chi connectivity index (χ1n) is 7.62. The number of rotatable bonds is 8. The van der Waals surface area contributed by atoms with Gasteiger partial charge < -0.3 is 10.1 Å². The van der Waals surface area contributed by atoms with Gasteiger partial charge in [-0.1, -0.05) is 31.9 Å². The molecular weight excluding hydrogens is 270 g/mol. The first-order valence-corrected chi connectivity index (χ1v) is 8.00. The van der Waals surface area contributed by atoms with Crippen molar-refractivity contribution in [3.8, 4) is 5.75 Å². The lowest BCUT2D eigenvalue weighted by molar-refractivity contribution is 0.270. The van der Waals surface area contributed by atoms with Crippen LogP contribution < -0.4 is 10.1 Å². The molecule has 1 aromatic carbocycles. The Bertz CT molecular complexity index is 445. The van der Waals surface area contributed by atoms with Gasteiger partial charge in [0.05, 0.1) is 7.11 Å². The van der Waals surface area contributed by atoms with Crippen LogP contribution in [-0.4, -0.2) is 19.7 Å². The summed E-state index contributed by atoms with van der Waals surface area (Å²) in [6, 6.07) is 6.67. The van der Waals surface area contributed by atoms with Gasteiger partial charge in [-0.3, -0.25) is 0 Å². The fourth-order valence-corrected chi connectivity index (χ4v) is 3.06. The summed E-state index contributed by atoms with van der Waals surface area (Å²) in [5, 5.41) is 4.47. The van der Waals surface area contributed by atoms with Crippen molar-refractivity contribution in [2.75, 3.05) is 13.7 Å². The summed E-state index contributed by atoms with van der Waals surface area (Å²) < 4.78 is 5.48. The van der Waals surface area contributed by atoms with E-state index in [1.807, 2.05) is 18.2 Å². The van der Waals surface area contributed by atoms with Gasteiger partial charge in [0.1, 0.15) is 5.75 Å². The van der Waals surface area contributed by atoms with E-state index in [1.54, 1.807) is 7.11 Å². The molecule has 2 nitrogen and oxygen atoms in total. The fraction of sp³-hybridized carbons (Fsp3) is 0.647. The van der Waals surface area contributed by atoms with Crippen molar-refractivity contribution >= 4 is 11.6 Å². The predicted molar refractivity (Wildman–Crippen MR) is 85.7 cm³/mol. The molecule has 1 saturated carbocycles. The van der Waals surface area contributed by atoms with Gasteiger partial charge in [0.15, 0.2) is 0 Å². The molecule has 0 saturated heterocycles. The Hall–Kier alpha value is -0.730. The summed E-state index contributed by atoms with van der Waals surface area (Å²) >= 11 is 6.15. The first kappa shape index (κ1) is 15.7. The smallest absolute Gasteiger partial charge is 0.122 e. The van der Waals surface area contributed by atoms with Gasteiger partial charge in [0, 0.05) is 17.6 Å². The van der Waals surface area contributed by atoms with Crippen LogP contribution in [0.5, 0.6) is 5.75 Å². The number of halogens is 1. The molecule has 0 heterocycles. The lowest BCUT2D eigenvalue weighted by atomic mass is 9.79. The molecule has 20 heavy (non-hydrogen) atoms. The van der Waals surface area contributed by atoms with Crippen molar-refractivity contribution in [3.63, 3.8) is 0 Å². The molecular formula is C17H26ClNO. The summed E-state index contributed by atoms with van der Waals surface area (Å²) in [5.41, 5.74) is 1.48. The van der Waals surface area contributed by atoms with E-state index in [4.69, 9.17) is 16.3 Å². The fourth-order valence-electron chi connectivity index (χ4n) is 2.87. The Morgan fingerprint density at radius 3 is 2.75 bits per heavy atom. The second-order valence-electron chi connectivity index (χ2n) is 6.35. The molecule has 1 fully saturated rings. The molecule has 3 heteroatoms. The number of ether oxygens (including phenoxy) is 1. The summed E-state index contributed by atoms with van der Waals surface area (Å²) in [7, 11) is 1.73. The van der Waals surface area contributed by atoms with Crippen molar-refractivity contribution in [1.29, 1.82) is 0 Å². The lowest BCUT2D eigenvalue weighted by Crippen LogP contribution is -2.35. The van der Waals surface area contributed by atoms with Crippen molar-refractivity contribution in [2.45, 2.75) is 52.0 Å². The number of methoxy groups -OCH3 is 1. The molecule has 0 aromatic heterocycles. The molecule has 1 unspecified atom stereocenters. The highest BCUT2D eigenvalue weighted by Gasteiger charge is 2.29. The van der Waals surface area contributed by atoms with Gasteiger partial charge in [-0.15, -0.1) is 0 Å². The maximum atomic E-state index is 6.15. The quantitative estimate of drug-likeness (QED) is 0.765. The van der Waals surface area contributed by atoms with Gasteiger partial charge in [0.2, 0.25) is 0 Å². The third kappa shape index (κ3) is 4.39. The van der Waals surface area contributed by atoms with Gasteiger partial charge in [-0.25, -0.2) is 0 Å². The average molecular weight is 296 g/mol. The van der Waals surface area contributed by atoms with Crippen LogP contribution in [0.2, 0.25) is 5.02 Å². The molecule has 0 radical (unpaired) electrons. The van der Waals surface area contributed by atoms with Crippen LogP contribution in [-0.2, 0) is 6.42 Å². The highest BCUT2D eigenvalue weighted by Crippen LogP contribution is 2.34. The lowest BCUT2D eigenvalue weighted by Gasteiger charge is -2.30. The van der Waals surface area contributed by atoms with Gasteiger partial charge in [-0.2, -0.15) is 0 Å². The molecule has 0 aliphatic heterocycles. The molecule has 0 amide bonds. The van der Waals surface area contributed by atoms with E-state index < -0.39 is 0 Å². The Kier molecular flexibility index (Phi) is 5.34. The second kappa shape index (κ2) is 6.82. The molecule has 1 aliphatic rings. The van der Waals surface area contributed by atoms with Gasteiger partial charge >= 0.3 is 0 Å². The number of hydrogen-bond acceptors (Lipinski definition) is 2. The van der Waals surface area contributed by atoms with Crippen LogP contribution in [0.4, 0.5) is 0 Å². The van der Waals surface area contributed by atoms with E-state index in [0.29, 0.717) is 0 Å². The third-order valence-electron chi connectivity index (χ3n) is 4.11. The Morgan fingerprint density at radius 2 is 2.15 bits per heavy atom. The Balaban J connectivity index is 2.10. The largest absolute Gasteiger partial charge is 0.496 e. The molecule has 0 bridgehead atoms. The topological polar surface area (TPSA) is 21.3 Å². The van der Waals surface area contributed by atoms with Crippen LogP contribution >= 0.6 is 11.6 Å². The molecule has 1 N–H and O–H groups in total. The van der Waals surface area contributed by atoms with Gasteiger partial charge in [-0.05, 0) is 54.9 Å². The van der Waals surface area contributed by atoms with Crippen molar-refractivity contribution < 1.29 is 4.74 Å². The van der Waals surface area contributed by atoms with Gasteiger partial charge in [0.25, 0.3) is 0 Å². The predicted octanol–water partition coefficient (Wildman–Crippen LogP) is 4.45. The van der Waals surface area contributed by atoms with Crippen molar-refractivity contribution in [1.82, 2.24) is 5.32 Å². The van der Waals surface area contributed by atoms with E-state index in [9.17, 15) is 0 Å². The molecule has 0 spiro atoms. The molecule has 1 aliphatic carbocycles. The maximum Gasteiger partial charge on any atom is 0.122 e. The number of hydrogen-bond donors (Lipinski definition) is 1. The van der Waals surface area contributed by atoms with Crippen LogP contribution in [0.25, 0.3) is 0 Å². The average Bonchev–Trinajstić information content (AvgIpc) is 3.21. The minimum atomic E-state index is 0.259. The molecule has 1 aromatic rings. The van der Waals surface area contributed by atoms with E-state index >= 15 is 0 Å². The number of benzene rings is 1. The SMILES string of the molecule is CCCC(C)(CNC1CC1)Cc1cc(Cl)ccc1OC. The first-order chi connectivity index (χ1) is 9.56. The maximum absolute atomic E-state index is 6.15. The summed E-state index contributed by atoms with van der Waals surface area (Å²) in [5.74, 6) is 0.947. The van der Waals surface area contributed by atoms with Crippen molar-refractivity contribution in [3.05, 3.63) is 28.8 Å².